The Morgan fingerprint density at radius 3 is 3.06 bits per heavy atom. The summed E-state index contributed by atoms with van der Waals surface area (Å²) in [5.74, 6) is 0.554. The van der Waals surface area contributed by atoms with E-state index >= 15 is 0 Å². The van der Waals surface area contributed by atoms with Gasteiger partial charge in [0.2, 0.25) is 0 Å². The number of rotatable bonds is 2. The number of hydrogen-bond acceptors (Lipinski definition) is 3. The molecule has 2 amide bonds. The molecular weight excluding hydrogens is 220 g/mol. The summed E-state index contributed by atoms with van der Waals surface area (Å²) < 4.78 is 1.71. The van der Waals surface area contributed by atoms with Gasteiger partial charge in [0.1, 0.15) is 0 Å². The molecule has 0 saturated carbocycles. The van der Waals surface area contributed by atoms with Crippen LogP contribution < -0.4 is 5.32 Å². The standard InChI is InChI=1S/C11H18N4O2/c1-8-6-10(13-14(8)2)12-11(17)15-5-3-4-9(15)7-16/h6,9,16H,3-5,7H2,1-2H3,(H,12,13,17)/t9-/m1/s1. The van der Waals surface area contributed by atoms with E-state index in [4.69, 9.17) is 5.11 Å². The molecule has 1 aromatic rings. The van der Waals surface area contributed by atoms with E-state index in [1.54, 1.807) is 9.58 Å². The third-order valence-electron chi connectivity index (χ3n) is 3.20. The maximum atomic E-state index is 12.0. The number of anilines is 1. The molecule has 6 heteroatoms. The quantitative estimate of drug-likeness (QED) is 0.797. The molecule has 1 atom stereocenters. The van der Waals surface area contributed by atoms with E-state index in [0.29, 0.717) is 12.4 Å². The van der Waals surface area contributed by atoms with Crippen LogP contribution in [0.3, 0.4) is 0 Å². The molecule has 17 heavy (non-hydrogen) atoms. The molecule has 1 aliphatic heterocycles. The van der Waals surface area contributed by atoms with E-state index in [1.807, 2.05) is 20.0 Å². The highest BCUT2D eigenvalue weighted by Gasteiger charge is 2.28. The fraction of sp³-hybridized carbons (Fsp3) is 0.636. The Morgan fingerprint density at radius 2 is 2.47 bits per heavy atom. The Bertz CT molecular complexity index is 396. The molecule has 1 fully saturated rings. The molecule has 0 radical (unpaired) electrons. The smallest absolute Gasteiger partial charge is 0.323 e. The highest BCUT2D eigenvalue weighted by molar-refractivity contribution is 5.88. The van der Waals surface area contributed by atoms with Crippen molar-refractivity contribution in [2.24, 2.45) is 7.05 Å². The lowest BCUT2D eigenvalue weighted by atomic mass is 10.2. The van der Waals surface area contributed by atoms with E-state index in [0.717, 1.165) is 18.5 Å². The van der Waals surface area contributed by atoms with Gasteiger partial charge >= 0.3 is 6.03 Å². The van der Waals surface area contributed by atoms with Gasteiger partial charge in [-0.3, -0.25) is 10.00 Å². The number of aliphatic hydroxyl groups excluding tert-OH is 1. The van der Waals surface area contributed by atoms with Gasteiger partial charge in [-0.05, 0) is 19.8 Å². The lowest BCUT2D eigenvalue weighted by Crippen LogP contribution is -2.40. The van der Waals surface area contributed by atoms with E-state index in [1.165, 1.54) is 0 Å². The Morgan fingerprint density at radius 1 is 1.71 bits per heavy atom. The van der Waals surface area contributed by atoms with Crippen molar-refractivity contribution in [3.63, 3.8) is 0 Å². The molecule has 0 spiro atoms. The average Bonchev–Trinajstić information content (AvgIpc) is 2.86. The number of nitrogens with zero attached hydrogens (tertiary/aromatic N) is 3. The molecule has 2 N–H and O–H groups in total. The second-order valence-electron chi connectivity index (χ2n) is 4.40. The molecule has 0 aliphatic carbocycles. The molecule has 1 aliphatic rings. The molecule has 0 bridgehead atoms. The Hall–Kier alpha value is -1.56. The van der Waals surface area contributed by atoms with E-state index in [-0.39, 0.29) is 18.7 Å². The van der Waals surface area contributed by atoms with Crippen LogP contribution in [0.4, 0.5) is 10.6 Å². The zero-order chi connectivity index (χ0) is 12.4. The average molecular weight is 238 g/mol. The number of nitrogens with one attached hydrogen (secondary N) is 1. The second-order valence-corrected chi connectivity index (χ2v) is 4.40. The van der Waals surface area contributed by atoms with E-state index in [2.05, 4.69) is 10.4 Å². The monoisotopic (exact) mass is 238 g/mol. The zero-order valence-corrected chi connectivity index (χ0v) is 10.2. The first-order valence-electron chi connectivity index (χ1n) is 5.81. The number of amides is 2. The summed E-state index contributed by atoms with van der Waals surface area (Å²) in [5, 5.41) is 16.1. The van der Waals surface area contributed by atoms with Gasteiger partial charge in [-0.2, -0.15) is 5.10 Å². The highest BCUT2D eigenvalue weighted by Crippen LogP contribution is 2.18. The van der Waals surface area contributed by atoms with Gasteiger partial charge in [0, 0.05) is 25.4 Å². The predicted molar refractivity (Wildman–Crippen MR) is 63.8 cm³/mol. The summed E-state index contributed by atoms with van der Waals surface area (Å²) in [4.78, 5) is 13.6. The van der Waals surface area contributed by atoms with Crippen molar-refractivity contribution < 1.29 is 9.90 Å². The van der Waals surface area contributed by atoms with Crippen LogP contribution in [0.1, 0.15) is 18.5 Å². The highest BCUT2D eigenvalue weighted by atomic mass is 16.3. The van der Waals surface area contributed by atoms with Crippen LogP contribution in [0, 0.1) is 6.92 Å². The van der Waals surface area contributed by atoms with Gasteiger partial charge in [-0.15, -0.1) is 0 Å². The summed E-state index contributed by atoms with van der Waals surface area (Å²) in [7, 11) is 1.83. The molecule has 0 unspecified atom stereocenters. The molecule has 1 aromatic heterocycles. The number of aliphatic hydroxyl groups is 1. The number of carbonyl (C=O) groups is 1. The maximum Gasteiger partial charge on any atom is 0.323 e. The van der Waals surface area contributed by atoms with Gasteiger partial charge in [0.15, 0.2) is 5.82 Å². The SMILES string of the molecule is Cc1cc(NC(=O)N2CCC[C@@H]2CO)nn1C. The van der Waals surface area contributed by atoms with E-state index in [9.17, 15) is 4.79 Å². The summed E-state index contributed by atoms with van der Waals surface area (Å²) in [6.07, 6.45) is 1.81. The Labute approximate surface area is 100 Å². The van der Waals surface area contributed by atoms with Gasteiger partial charge in [-0.25, -0.2) is 4.79 Å². The molecule has 94 valence electrons. The third kappa shape index (κ3) is 2.41. The lowest BCUT2D eigenvalue weighted by molar-refractivity contribution is 0.166. The number of urea groups is 1. The summed E-state index contributed by atoms with van der Waals surface area (Å²) >= 11 is 0. The van der Waals surface area contributed by atoms with Crippen molar-refractivity contribution in [2.45, 2.75) is 25.8 Å². The second kappa shape index (κ2) is 4.75. The minimum atomic E-state index is -0.181. The van der Waals surface area contributed by atoms with Crippen molar-refractivity contribution >= 4 is 11.8 Å². The van der Waals surface area contributed by atoms with Crippen molar-refractivity contribution in [3.8, 4) is 0 Å². The van der Waals surface area contributed by atoms with Crippen molar-refractivity contribution in [1.29, 1.82) is 0 Å². The number of likely N-dealkylation sites (tertiary alicyclic amines) is 1. The van der Waals surface area contributed by atoms with Crippen molar-refractivity contribution in [2.75, 3.05) is 18.5 Å². The molecule has 2 rings (SSSR count). The Kier molecular flexibility index (Phi) is 3.33. The molecular formula is C11H18N4O2. The minimum Gasteiger partial charge on any atom is -0.394 e. The van der Waals surface area contributed by atoms with Crippen LogP contribution in [0.5, 0.6) is 0 Å². The molecule has 6 nitrogen and oxygen atoms in total. The van der Waals surface area contributed by atoms with Crippen LogP contribution in [0.15, 0.2) is 6.07 Å². The summed E-state index contributed by atoms with van der Waals surface area (Å²) in [6.45, 7) is 2.65. The number of hydrogen-bond donors (Lipinski definition) is 2. The first-order valence-corrected chi connectivity index (χ1v) is 5.81. The predicted octanol–water partition coefficient (Wildman–Crippen LogP) is 0.717. The minimum absolute atomic E-state index is 0.0225. The van der Waals surface area contributed by atoms with Crippen LogP contribution in [0.25, 0.3) is 0 Å². The zero-order valence-electron chi connectivity index (χ0n) is 10.2. The normalized spacial score (nSPS) is 19.7. The van der Waals surface area contributed by atoms with E-state index < -0.39 is 0 Å². The summed E-state index contributed by atoms with van der Waals surface area (Å²) in [6, 6.07) is 1.58. The van der Waals surface area contributed by atoms with Gasteiger partial charge in [-0.1, -0.05) is 0 Å². The lowest BCUT2D eigenvalue weighted by Gasteiger charge is -2.22. The van der Waals surface area contributed by atoms with Gasteiger partial charge in [0.05, 0.1) is 12.6 Å². The van der Waals surface area contributed by atoms with Crippen LogP contribution in [-0.2, 0) is 7.05 Å². The number of carbonyl (C=O) groups excluding carboxylic acids is 1. The number of aryl methyl sites for hydroxylation is 2. The van der Waals surface area contributed by atoms with Gasteiger partial charge < -0.3 is 10.0 Å². The topological polar surface area (TPSA) is 70.4 Å². The van der Waals surface area contributed by atoms with Crippen LogP contribution in [-0.4, -0.2) is 45.0 Å². The Balaban J connectivity index is 2.01. The summed E-state index contributed by atoms with van der Waals surface area (Å²) in [5.41, 5.74) is 0.987. The van der Waals surface area contributed by atoms with Crippen molar-refractivity contribution in [3.05, 3.63) is 11.8 Å². The van der Waals surface area contributed by atoms with Crippen molar-refractivity contribution in [1.82, 2.24) is 14.7 Å². The number of aromatic nitrogens is 2. The largest absolute Gasteiger partial charge is 0.394 e. The maximum absolute atomic E-state index is 12.0. The fourth-order valence-electron chi connectivity index (χ4n) is 2.10. The van der Waals surface area contributed by atoms with Crippen LogP contribution >= 0.6 is 0 Å². The molecule has 0 aromatic carbocycles. The molecule has 2 heterocycles. The third-order valence-corrected chi connectivity index (χ3v) is 3.20. The first kappa shape index (κ1) is 11.9. The van der Waals surface area contributed by atoms with Crippen LogP contribution in [0.2, 0.25) is 0 Å². The van der Waals surface area contributed by atoms with Gasteiger partial charge in [0.25, 0.3) is 0 Å². The first-order chi connectivity index (χ1) is 8.11. The molecule has 1 saturated heterocycles. The fourth-order valence-corrected chi connectivity index (χ4v) is 2.10.